The van der Waals surface area contributed by atoms with Crippen molar-refractivity contribution >= 4 is 34.1 Å². The Morgan fingerprint density at radius 2 is 1.76 bits per heavy atom. The first-order valence-corrected chi connectivity index (χ1v) is 11.8. The van der Waals surface area contributed by atoms with Crippen LogP contribution in [0.5, 0.6) is 17.4 Å². The molecule has 1 saturated heterocycles. The SMILES string of the molecule is C=CC(=O)N1CCN(c2nnc(Oc3ccccc3)c3c(F)c(-c4c(O)cccc4F)c(Cl)cc23)CC1. The Kier molecular flexibility index (Phi) is 6.62. The maximum atomic E-state index is 16.3. The topological polar surface area (TPSA) is 78.8 Å². The number of halogens is 3. The van der Waals surface area contributed by atoms with E-state index in [1.165, 1.54) is 24.3 Å². The van der Waals surface area contributed by atoms with Crippen LogP contribution in [0.15, 0.2) is 67.3 Å². The Morgan fingerprint density at radius 3 is 2.43 bits per heavy atom. The first kappa shape index (κ1) is 24.5. The number of fused-ring (bicyclic) bond motifs is 1. The number of benzene rings is 3. The molecular formula is C27H21ClF2N4O3. The Labute approximate surface area is 216 Å². The lowest BCUT2D eigenvalue weighted by Gasteiger charge is -2.35. The number of aromatic hydroxyl groups is 1. The summed E-state index contributed by atoms with van der Waals surface area (Å²) in [5, 5.41) is 18.9. The Bertz CT molecular complexity index is 1490. The summed E-state index contributed by atoms with van der Waals surface area (Å²) in [6.45, 7) is 5.17. The molecule has 0 radical (unpaired) electrons. The minimum absolute atomic E-state index is 0.0690. The van der Waals surface area contributed by atoms with Crippen molar-refractivity contribution in [1.82, 2.24) is 15.1 Å². The summed E-state index contributed by atoms with van der Waals surface area (Å²) in [5.41, 5.74) is -0.685. The molecule has 1 aromatic heterocycles. The van der Waals surface area contributed by atoms with E-state index in [1.54, 1.807) is 35.2 Å². The highest BCUT2D eigenvalue weighted by Crippen LogP contribution is 2.45. The second-order valence-electron chi connectivity index (χ2n) is 8.36. The maximum Gasteiger partial charge on any atom is 0.250 e. The molecule has 37 heavy (non-hydrogen) atoms. The van der Waals surface area contributed by atoms with E-state index in [2.05, 4.69) is 16.8 Å². The fraction of sp³-hybridized carbons (Fsp3) is 0.148. The van der Waals surface area contributed by atoms with Crippen LogP contribution in [0.1, 0.15) is 0 Å². The molecular weight excluding hydrogens is 502 g/mol. The van der Waals surface area contributed by atoms with Gasteiger partial charge in [0.15, 0.2) is 5.82 Å². The third kappa shape index (κ3) is 4.53. The Morgan fingerprint density at radius 1 is 1.03 bits per heavy atom. The lowest BCUT2D eigenvalue weighted by Crippen LogP contribution is -2.48. The van der Waals surface area contributed by atoms with Crippen LogP contribution in [0.25, 0.3) is 21.9 Å². The van der Waals surface area contributed by atoms with Crippen molar-refractivity contribution < 1.29 is 23.4 Å². The van der Waals surface area contributed by atoms with Gasteiger partial charge in [-0.3, -0.25) is 4.79 Å². The number of rotatable bonds is 5. The lowest BCUT2D eigenvalue weighted by molar-refractivity contribution is -0.126. The van der Waals surface area contributed by atoms with Gasteiger partial charge in [-0.25, -0.2) is 8.78 Å². The minimum atomic E-state index is -0.912. The molecule has 1 amide bonds. The van der Waals surface area contributed by atoms with Crippen molar-refractivity contribution in [2.24, 2.45) is 0 Å². The van der Waals surface area contributed by atoms with E-state index in [4.69, 9.17) is 16.3 Å². The van der Waals surface area contributed by atoms with Crippen molar-refractivity contribution in [3.05, 3.63) is 83.9 Å². The second kappa shape index (κ2) is 10.0. The Balaban J connectivity index is 1.68. The van der Waals surface area contributed by atoms with Crippen LogP contribution in [-0.2, 0) is 4.79 Å². The van der Waals surface area contributed by atoms with Crippen LogP contribution < -0.4 is 9.64 Å². The zero-order valence-electron chi connectivity index (χ0n) is 19.5. The van der Waals surface area contributed by atoms with Gasteiger partial charge < -0.3 is 19.6 Å². The molecule has 0 saturated carbocycles. The number of para-hydroxylation sites is 1. The van der Waals surface area contributed by atoms with E-state index >= 15 is 4.39 Å². The predicted octanol–water partition coefficient (Wildman–Crippen LogP) is 5.56. The summed E-state index contributed by atoms with van der Waals surface area (Å²) in [4.78, 5) is 15.5. The molecule has 0 unspecified atom stereocenters. The van der Waals surface area contributed by atoms with E-state index < -0.39 is 17.4 Å². The highest BCUT2D eigenvalue weighted by molar-refractivity contribution is 6.34. The van der Waals surface area contributed by atoms with Gasteiger partial charge in [0.05, 0.1) is 16.0 Å². The van der Waals surface area contributed by atoms with Gasteiger partial charge in [-0.2, -0.15) is 0 Å². The molecule has 1 aliphatic rings. The summed E-state index contributed by atoms with van der Waals surface area (Å²) in [7, 11) is 0. The van der Waals surface area contributed by atoms with Gasteiger partial charge in [-0.15, -0.1) is 10.2 Å². The number of nitrogens with zero attached hydrogens (tertiary/aromatic N) is 4. The van der Waals surface area contributed by atoms with E-state index in [-0.39, 0.29) is 33.3 Å². The smallest absolute Gasteiger partial charge is 0.250 e. The summed E-state index contributed by atoms with van der Waals surface area (Å²) in [5.74, 6) is -1.79. The highest BCUT2D eigenvalue weighted by atomic mass is 35.5. The monoisotopic (exact) mass is 522 g/mol. The second-order valence-corrected chi connectivity index (χ2v) is 8.77. The molecule has 1 fully saturated rings. The summed E-state index contributed by atoms with van der Waals surface area (Å²) < 4.78 is 36.9. The number of phenols is 1. The minimum Gasteiger partial charge on any atom is -0.507 e. The average Bonchev–Trinajstić information content (AvgIpc) is 2.90. The van der Waals surface area contributed by atoms with Gasteiger partial charge in [-0.1, -0.05) is 42.4 Å². The van der Waals surface area contributed by atoms with Gasteiger partial charge >= 0.3 is 0 Å². The first-order chi connectivity index (χ1) is 17.9. The zero-order chi connectivity index (χ0) is 26.1. The Hall–Kier alpha value is -4.24. The average molecular weight is 523 g/mol. The molecule has 0 atom stereocenters. The number of carbonyl (C=O) groups excluding carboxylic acids is 1. The van der Waals surface area contributed by atoms with Crippen molar-refractivity contribution in [2.45, 2.75) is 0 Å². The lowest BCUT2D eigenvalue weighted by atomic mass is 9.99. The van der Waals surface area contributed by atoms with Gasteiger partial charge in [-0.05, 0) is 36.4 Å². The van der Waals surface area contributed by atoms with Crippen LogP contribution in [0.2, 0.25) is 5.02 Å². The predicted molar refractivity (Wildman–Crippen MR) is 137 cm³/mol. The normalized spacial score (nSPS) is 13.6. The van der Waals surface area contributed by atoms with Crippen LogP contribution in [0.3, 0.4) is 0 Å². The van der Waals surface area contributed by atoms with Gasteiger partial charge in [0, 0.05) is 37.1 Å². The number of amides is 1. The summed E-state index contributed by atoms with van der Waals surface area (Å²) in [6.07, 6.45) is 1.26. The standard InChI is InChI=1S/C27H21ClF2N4O3/c1-2-21(36)33-11-13-34(14-12-33)26-17-15-18(28)23(24-19(29)9-6-10-20(24)35)25(30)22(17)27(32-31-26)37-16-7-4-3-5-8-16/h2-10,15,35H,1,11-14H2. The van der Waals surface area contributed by atoms with Crippen LogP contribution in [0, 0.1) is 11.6 Å². The number of ether oxygens (including phenoxy) is 1. The van der Waals surface area contributed by atoms with Crippen LogP contribution in [0.4, 0.5) is 14.6 Å². The number of aromatic nitrogens is 2. The molecule has 1 N–H and O–H groups in total. The molecule has 0 aliphatic carbocycles. The maximum absolute atomic E-state index is 16.3. The van der Waals surface area contributed by atoms with Gasteiger partial charge in [0.2, 0.25) is 11.8 Å². The van der Waals surface area contributed by atoms with E-state index in [0.717, 1.165) is 6.07 Å². The molecule has 0 bridgehead atoms. The van der Waals surface area contributed by atoms with Gasteiger partial charge in [0.1, 0.15) is 23.1 Å². The zero-order valence-corrected chi connectivity index (χ0v) is 20.3. The molecule has 2 heterocycles. The molecule has 7 nitrogen and oxygen atoms in total. The van der Waals surface area contributed by atoms with Crippen molar-refractivity contribution in [2.75, 3.05) is 31.1 Å². The molecule has 10 heteroatoms. The molecule has 4 aromatic rings. The van der Waals surface area contributed by atoms with Crippen molar-refractivity contribution in [3.8, 4) is 28.5 Å². The molecule has 5 rings (SSSR count). The molecule has 0 spiro atoms. The fourth-order valence-electron chi connectivity index (χ4n) is 4.36. The number of anilines is 1. The quantitative estimate of drug-likeness (QED) is 0.346. The highest BCUT2D eigenvalue weighted by Gasteiger charge is 2.28. The molecule has 1 aliphatic heterocycles. The van der Waals surface area contributed by atoms with E-state index in [9.17, 15) is 14.3 Å². The van der Waals surface area contributed by atoms with Crippen molar-refractivity contribution in [1.29, 1.82) is 0 Å². The van der Waals surface area contributed by atoms with E-state index in [0.29, 0.717) is 43.1 Å². The number of piperazine rings is 1. The fourth-order valence-corrected chi connectivity index (χ4v) is 4.65. The first-order valence-electron chi connectivity index (χ1n) is 11.4. The van der Waals surface area contributed by atoms with Crippen molar-refractivity contribution in [3.63, 3.8) is 0 Å². The van der Waals surface area contributed by atoms with Gasteiger partial charge in [0.25, 0.3) is 0 Å². The molecule has 3 aromatic carbocycles. The summed E-state index contributed by atoms with van der Waals surface area (Å²) in [6, 6.07) is 13.8. The van der Waals surface area contributed by atoms with Crippen LogP contribution in [-0.4, -0.2) is 52.3 Å². The van der Waals surface area contributed by atoms with E-state index in [1.807, 2.05) is 4.90 Å². The number of phenolic OH excluding ortho intramolecular Hbond substituents is 1. The number of carbonyl (C=O) groups is 1. The third-order valence-electron chi connectivity index (χ3n) is 6.17. The number of hydrogen-bond acceptors (Lipinski definition) is 6. The van der Waals surface area contributed by atoms with Crippen LogP contribution >= 0.6 is 11.6 Å². The third-order valence-corrected chi connectivity index (χ3v) is 6.47. The number of hydrogen-bond donors (Lipinski definition) is 1. The summed E-state index contributed by atoms with van der Waals surface area (Å²) >= 11 is 6.50. The molecule has 188 valence electrons. The largest absolute Gasteiger partial charge is 0.507 e.